The van der Waals surface area contributed by atoms with Crippen LogP contribution in [0.3, 0.4) is 0 Å². The molecule has 2 aliphatic carbocycles. The van der Waals surface area contributed by atoms with Crippen molar-refractivity contribution in [3.05, 3.63) is 11.6 Å². The number of allylic oxidation sites excluding steroid dienone is 2. The van der Waals surface area contributed by atoms with Gasteiger partial charge in [-0.25, -0.2) is 0 Å². The third-order valence-electron chi connectivity index (χ3n) is 2.96. The smallest absolute Gasteiger partial charge is 0.0200 e. The molecular formula is C9H14. The van der Waals surface area contributed by atoms with Crippen molar-refractivity contribution in [3.63, 3.8) is 0 Å². The molecule has 50 valence electrons. The van der Waals surface area contributed by atoms with Crippen LogP contribution in [-0.2, 0) is 0 Å². The molecular weight excluding hydrogens is 108 g/mol. The maximum Gasteiger partial charge on any atom is -0.0200 e. The predicted molar refractivity (Wildman–Crippen MR) is 39.2 cm³/mol. The van der Waals surface area contributed by atoms with Crippen LogP contribution in [0.4, 0.5) is 0 Å². The third kappa shape index (κ3) is 0.726. The van der Waals surface area contributed by atoms with Crippen LogP contribution in [0.15, 0.2) is 11.6 Å². The van der Waals surface area contributed by atoms with E-state index in [0.29, 0.717) is 0 Å². The van der Waals surface area contributed by atoms with Crippen molar-refractivity contribution < 1.29 is 0 Å². The molecule has 0 saturated heterocycles. The Kier molecular flexibility index (Phi) is 1.14. The molecule has 0 nitrogen and oxygen atoms in total. The summed E-state index contributed by atoms with van der Waals surface area (Å²) in [6, 6.07) is 0. The van der Waals surface area contributed by atoms with Gasteiger partial charge in [0.1, 0.15) is 0 Å². The van der Waals surface area contributed by atoms with Gasteiger partial charge in [-0.05, 0) is 44.4 Å². The van der Waals surface area contributed by atoms with E-state index in [-0.39, 0.29) is 0 Å². The summed E-state index contributed by atoms with van der Waals surface area (Å²) in [7, 11) is 0. The molecule has 0 amide bonds. The average Bonchev–Trinajstić information content (AvgIpc) is 2.45. The summed E-state index contributed by atoms with van der Waals surface area (Å²) in [6.07, 6.45) is 8.29. The molecule has 0 aliphatic heterocycles. The van der Waals surface area contributed by atoms with Crippen LogP contribution in [0.25, 0.3) is 0 Å². The van der Waals surface area contributed by atoms with Crippen molar-refractivity contribution in [3.8, 4) is 0 Å². The quantitative estimate of drug-likeness (QED) is 0.433. The lowest BCUT2D eigenvalue weighted by Crippen LogP contribution is -1.96. The van der Waals surface area contributed by atoms with Crippen LogP contribution in [0.1, 0.15) is 32.6 Å². The van der Waals surface area contributed by atoms with E-state index < -0.39 is 0 Å². The molecule has 2 unspecified atom stereocenters. The van der Waals surface area contributed by atoms with Gasteiger partial charge in [-0.15, -0.1) is 0 Å². The number of hydrogen-bond donors (Lipinski definition) is 0. The highest BCUT2D eigenvalue weighted by molar-refractivity contribution is 5.15. The van der Waals surface area contributed by atoms with Gasteiger partial charge in [-0.3, -0.25) is 0 Å². The Hall–Kier alpha value is -0.260. The SMILES string of the molecule is C/C=C1/CC2CCC1C2. The fourth-order valence-corrected chi connectivity index (χ4v) is 2.45. The molecule has 2 fully saturated rings. The Morgan fingerprint density at radius 1 is 1.44 bits per heavy atom. The first-order chi connectivity index (χ1) is 4.40. The molecule has 0 aromatic carbocycles. The minimum Gasteiger partial charge on any atom is -0.0882 e. The third-order valence-corrected chi connectivity index (χ3v) is 2.96. The van der Waals surface area contributed by atoms with E-state index in [2.05, 4.69) is 13.0 Å². The summed E-state index contributed by atoms with van der Waals surface area (Å²) in [5.74, 6) is 2.10. The first-order valence-corrected chi connectivity index (χ1v) is 4.05. The fourth-order valence-electron chi connectivity index (χ4n) is 2.45. The fraction of sp³-hybridized carbons (Fsp3) is 0.778. The Morgan fingerprint density at radius 3 is 2.67 bits per heavy atom. The second-order valence-corrected chi connectivity index (χ2v) is 3.44. The zero-order valence-corrected chi connectivity index (χ0v) is 6.06. The molecule has 0 aromatic rings. The molecule has 2 bridgehead atoms. The Morgan fingerprint density at radius 2 is 2.33 bits per heavy atom. The van der Waals surface area contributed by atoms with Crippen molar-refractivity contribution in [1.82, 2.24) is 0 Å². The Bertz CT molecular complexity index is 144. The lowest BCUT2D eigenvalue weighted by molar-refractivity contribution is 0.560. The largest absolute Gasteiger partial charge is 0.0882 e. The van der Waals surface area contributed by atoms with Gasteiger partial charge >= 0.3 is 0 Å². The van der Waals surface area contributed by atoms with Crippen LogP contribution in [0, 0.1) is 11.8 Å². The van der Waals surface area contributed by atoms with Gasteiger partial charge in [-0.1, -0.05) is 11.6 Å². The molecule has 2 saturated carbocycles. The van der Waals surface area contributed by atoms with Gasteiger partial charge in [0.05, 0.1) is 0 Å². The normalized spacial score (nSPS) is 44.8. The lowest BCUT2D eigenvalue weighted by atomic mass is 9.95. The zero-order chi connectivity index (χ0) is 6.27. The zero-order valence-electron chi connectivity index (χ0n) is 6.06. The van der Waals surface area contributed by atoms with Crippen molar-refractivity contribution >= 4 is 0 Å². The molecule has 0 heteroatoms. The monoisotopic (exact) mass is 122 g/mol. The van der Waals surface area contributed by atoms with Crippen LogP contribution in [-0.4, -0.2) is 0 Å². The average molecular weight is 122 g/mol. The first kappa shape index (κ1) is 5.52. The molecule has 0 aromatic heterocycles. The van der Waals surface area contributed by atoms with Gasteiger partial charge < -0.3 is 0 Å². The van der Waals surface area contributed by atoms with E-state index in [1.165, 1.54) is 25.7 Å². The van der Waals surface area contributed by atoms with Crippen LogP contribution >= 0.6 is 0 Å². The summed E-state index contributed by atoms with van der Waals surface area (Å²) >= 11 is 0. The standard InChI is InChI=1S/C9H14/c1-2-8-5-7-3-4-9(8)6-7/h2,7,9H,3-6H2,1H3/b8-2-. The number of fused-ring (bicyclic) bond motifs is 2. The molecule has 2 atom stereocenters. The van der Waals surface area contributed by atoms with E-state index in [1.54, 1.807) is 5.57 Å². The van der Waals surface area contributed by atoms with Crippen molar-refractivity contribution in [2.24, 2.45) is 11.8 Å². The number of hydrogen-bond acceptors (Lipinski definition) is 0. The maximum absolute atomic E-state index is 2.34. The second-order valence-electron chi connectivity index (χ2n) is 3.44. The van der Waals surface area contributed by atoms with Crippen molar-refractivity contribution in [2.45, 2.75) is 32.6 Å². The predicted octanol–water partition coefficient (Wildman–Crippen LogP) is 2.75. The molecule has 2 rings (SSSR count). The van der Waals surface area contributed by atoms with E-state index in [4.69, 9.17) is 0 Å². The van der Waals surface area contributed by atoms with Crippen molar-refractivity contribution in [1.29, 1.82) is 0 Å². The van der Waals surface area contributed by atoms with Crippen LogP contribution in [0.2, 0.25) is 0 Å². The molecule has 0 radical (unpaired) electrons. The maximum atomic E-state index is 2.34. The summed E-state index contributed by atoms with van der Waals surface area (Å²) in [5, 5.41) is 0. The van der Waals surface area contributed by atoms with E-state index in [9.17, 15) is 0 Å². The van der Waals surface area contributed by atoms with E-state index >= 15 is 0 Å². The Labute approximate surface area is 57.0 Å². The number of rotatable bonds is 0. The highest BCUT2D eigenvalue weighted by Crippen LogP contribution is 2.47. The summed E-state index contributed by atoms with van der Waals surface area (Å²) in [5.41, 5.74) is 1.76. The van der Waals surface area contributed by atoms with Gasteiger partial charge in [-0.2, -0.15) is 0 Å². The summed E-state index contributed by atoms with van der Waals surface area (Å²) in [6.45, 7) is 2.19. The van der Waals surface area contributed by atoms with Gasteiger partial charge in [0.25, 0.3) is 0 Å². The van der Waals surface area contributed by atoms with Gasteiger partial charge in [0, 0.05) is 0 Å². The Balaban J connectivity index is 2.18. The van der Waals surface area contributed by atoms with Crippen LogP contribution in [0.5, 0.6) is 0 Å². The molecule has 9 heavy (non-hydrogen) atoms. The minimum atomic E-state index is 1.01. The van der Waals surface area contributed by atoms with Gasteiger partial charge in [0.15, 0.2) is 0 Å². The highest BCUT2D eigenvalue weighted by Gasteiger charge is 2.34. The van der Waals surface area contributed by atoms with Crippen molar-refractivity contribution in [2.75, 3.05) is 0 Å². The summed E-state index contributed by atoms with van der Waals surface area (Å²) in [4.78, 5) is 0. The van der Waals surface area contributed by atoms with E-state index in [1.807, 2.05) is 0 Å². The van der Waals surface area contributed by atoms with E-state index in [0.717, 1.165) is 11.8 Å². The molecule has 2 aliphatic rings. The lowest BCUT2D eigenvalue weighted by Gasteiger charge is -2.11. The minimum absolute atomic E-state index is 1.01. The molecule has 0 N–H and O–H groups in total. The second kappa shape index (κ2) is 1.86. The summed E-state index contributed by atoms with van der Waals surface area (Å²) < 4.78 is 0. The topological polar surface area (TPSA) is 0 Å². The molecule has 0 heterocycles. The van der Waals surface area contributed by atoms with Crippen LogP contribution < -0.4 is 0 Å². The first-order valence-electron chi connectivity index (χ1n) is 4.05. The van der Waals surface area contributed by atoms with Gasteiger partial charge in [0.2, 0.25) is 0 Å². The molecule has 0 spiro atoms. The highest BCUT2D eigenvalue weighted by atomic mass is 14.4.